The van der Waals surface area contributed by atoms with Gasteiger partial charge in [-0.25, -0.2) is 9.59 Å². The predicted molar refractivity (Wildman–Crippen MR) is 89.6 cm³/mol. The molecule has 0 radical (unpaired) electrons. The third kappa shape index (κ3) is 4.37. The molecule has 2 amide bonds. The maximum Gasteiger partial charge on any atom is 0.326 e. The quantitative estimate of drug-likeness (QED) is 0.871. The first-order valence-corrected chi connectivity index (χ1v) is 8.11. The molecule has 2 rings (SSSR count). The molecule has 0 spiro atoms. The van der Waals surface area contributed by atoms with E-state index in [9.17, 15) is 14.7 Å². The molecule has 1 saturated heterocycles. The summed E-state index contributed by atoms with van der Waals surface area (Å²) in [5, 5.41) is 11.9. The highest BCUT2D eigenvalue weighted by atomic mass is 16.4. The van der Waals surface area contributed by atoms with E-state index >= 15 is 0 Å². The fourth-order valence-corrected chi connectivity index (χ4v) is 2.71. The maximum atomic E-state index is 12.3. The monoisotopic (exact) mass is 319 g/mol. The van der Waals surface area contributed by atoms with Crippen LogP contribution in [-0.4, -0.2) is 54.2 Å². The maximum absolute atomic E-state index is 12.3. The average molecular weight is 319 g/mol. The molecule has 1 heterocycles. The van der Waals surface area contributed by atoms with Crippen molar-refractivity contribution >= 4 is 17.7 Å². The van der Waals surface area contributed by atoms with Crippen molar-refractivity contribution in [2.45, 2.75) is 26.3 Å². The molecule has 0 saturated carbocycles. The van der Waals surface area contributed by atoms with Crippen LogP contribution in [-0.2, 0) is 4.79 Å². The van der Waals surface area contributed by atoms with E-state index in [4.69, 9.17) is 0 Å². The van der Waals surface area contributed by atoms with Crippen molar-refractivity contribution in [3.63, 3.8) is 0 Å². The summed E-state index contributed by atoms with van der Waals surface area (Å²) in [4.78, 5) is 27.5. The molecule has 1 fully saturated rings. The molecule has 1 aliphatic heterocycles. The summed E-state index contributed by atoms with van der Waals surface area (Å²) in [5.74, 6) is -1.07. The van der Waals surface area contributed by atoms with Gasteiger partial charge in [-0.2, -0.15) is 0 Å². The van der Waals surface area contributed by atoms with Gasteiger partial charge in [0.1, 0.15) is 6.04 Å². The molecule has 2 unspecified atom stereocenters. The number of urea groups is 1. The summed E-state index contributed by atoms with van der Waals surface area (Å²) in [6, 6.07) is 8.97. The first-order valence-electron chi connectivity index (χ1n) is 8.11. The standard InChI is InChI=1S/C17H25N3O3/c1-3-13(2)15(16(21)22)18-17(23)20-11-9-19(10-12-20)14-7-5-4-6-8-14/h4-8,13,15H,3,9-12H2,1-2H3,(H,18,23)(H,21,22). The zero-order chi connectivity index (χ0) is 16.8. The number of amides is 2. The van der Waals surface area contributed by atoms with Crippen LogP contribution in [0.25, 0.3) is 0 Å². The SMILES string of the molecule is CCC(C)C(NC(=O)N1CCN(c2ccccc2)CC1)C(=O)O. The van der Waals surface area contributed by atoms with Gasteiger partial charge in [-0.1, -0.05) is 38.5 Å². The first kappa shape index (κ1) is 17.1. The first-order chi connectivity index (χ1) is 11.0. The van der Waals surface area contributed by atoms with Gasteiger partial charge in [0, 0.05) is 31.9 Å². The van der Waals surface area contributed by atoms with Crippen LogP contribution in [0.5, 0.6) is 0 Å². The van der Waals surface area contributed by atoms with Crippen LogP contribution < -0.4 is 10.2 Å². The average Bonchev–Trinajstić information content (AvgIpc) is 2.59. The summed E-state index contributed by atoms with van der Waals surface area (Å²) in [5.41, 5.74) is 1.15. The second-order valence-electron chi connectivity index (χ2n) is 5.96. The molecule has 6 nitrogen and oxygen atoms in total. The van der Waals surface area contributed by atoms with Crippen molar-refractivity contribution in [2.75, 3.05) is 31.1 Å². The Morgan fingerprint density at radius 3 is 2.30 bits per heavy atom. The van der Waals surface area contributed by atoms with Gasteiger partial charge >= 0.3 is 12.0 Å². The Labute approximate surface area is 137 Å². The van der Waals surface area contributed by atoms with Crippen LogP contribution in [0.4, 0.5) is 10.5 Å². The fraction of sp³-hybridized carbons (Fsp3) is 0.529. The molecule has 0 aliphatic carbocycles. The van der Waals surface area contributed by atoms with E-state index in [2.05, 4.69) is 22.3 Å². The number of carboxylic acid groups (broad SMARTS) is 1. The Morgan fingerprint density at radius 1 is 1.17 bits per heavy atom. The summed E-state index contributed by atoms with van der Waals surface area (Å²) in [6.45, 7) is 6.44. The van der Waals surface area contributed by atoms with Gasteiger partial charge in [0.15, 0.2) is 0 Å². The number of benzene rings is 1. The van der Waals surface area contributed by atoms with Gasteiger partial charge in [0.2, 0.25) is 0 Å². The Hall–Kier alpha value is -2.24. The minimum Gasteiger partial charge on any atom is -0.480 e. The number of carbonyl (C=O) groups is 2. The largest absolute Gasteiger partial charge is 0.480 e. The molecule has 0 bridgehead atoms. The highest BCUT2D eigenvalue weighted by Crippen LogP contribution is 2.16. The molecule has 1 aliphatic rings. The van der Waals surface area contributed by atoms with Crippen LogP contribution in [0.15, 0.2) is 30.3 Å². The number of piperazine rings is 1. The van der Waals surface area contributed by atoms with Crippen molar-refractivity contribution in [1.29, 1.82) is 0 Å². The Morgan fingerprint density at radius 2 is 1.78 bits per heavy atom. The summed E-state index contributed by atoms with van der Waals surface area (Å²) >= 11 is 0. The van der Waals surface area contributed by atoms with E-state index in [0.29, 0.717) is 19.5 Å². The molecular formula is C17H25N3O3. The Balaban J connectivity index is 1.89. The minimum absolute atomic E-state index is 0.0953. The molecule has 0 aromatic heterocycles. The van der Waals surface area contributed by atoms with E-state index in [1.54, 1.807) is 4.90 Å². The Kier molecular flexibility index (Phi) is 5.84. The number of hydrogen-bond donors (Lipinski definition) is 2. The van der Waals surface area contributed by atoms with Crippen molar-refractivity contribution in [1.82, 2.24) is 10.2 Å². The number of carbonyl (C=O) groups excluding carboxylic acids is 1. The highest BCUT2D eigenvalue weighted by molar-refractivity contribution is 5.83. The Bertz CT molecular complexity index is 527. The molecule has 2 N–H and O–H groups in total. The van der Waals surface area contributed by atoms with Crippen molar-refractivity contribution in [3.05, 3.63) is 30.3 Å². The summed E-state index contributed by atoms with van der Waals surface area (Å²) in [7, 11) is 0. The van der Waals surface area contributed by atoms with E-state index in [1.807, 2.05) is 32.0 Å². The topological polar surface area (TPSA) is 72.9 Å². The van der Waals surface area contributed by atoms with Gasteiger partial charge in [-0.05, 0) is 18.1 Å². The van der Waals surface area contributed by atoms with Crippen molar-refractivity contribution < 1.29 is 14.7 Å². The lowest BCUT2D eigenvalue weighted by Crippen LogP contribution is -2.55. The lowest BCUT2D eigenvalue weighted by atomic mass is 9.99. The van der Waals surface area contributed by atoms with Crippen LogP contribution >= 0.6 is 0 Å². The predicted octanol–water partition coefficient (Wildman–Crippen LogP) is 2.02. The number of nitrogens with one attached hydrogen (secondary N) is 1. The van der Waals surface area contributed by atoms with E-state index in [1.165, 1.54) is 0 Å². The number of rotatable bonds is 5. The van der Waals surface area contributed by atoms with E-state index in [0.717, 1.165) is 18.8 Å². The number of carboxylic acids is 1. The lowest BCUT2D eigenvalue weighted by molar-refractivity contribution is -0.140. The van der Waals surface area contributed by atoms with Crippen LogP contribution in [0.1, 0.15) is 20.3 Å². The van der Waals surface area contributed by atoms with Crippen LogP contribution in [0, 0.1) is 5.92 Å². The highest BCUT2D eigenvalue weighted by Gasteiger charge is 2.28. The minimum atomic E-state index is -0.976. The second-order valence-corrected chi connectivity index (χ2v) is 5.96. The van der Waals surface area contributed by atoms with E-state index in [-0.39, 0.29) is 11.9 Å². The van der Waals surface area contributed by atoms with Crippen LogP contribution in [0.2, 0.25) is 0 Å². The lowest BCUT2D eigenvalue weighted by Gasteiger charge is -2.36. The second kappa shape index (κ2) is 7.85. The summed E-state index contributed by atoms with van der Waals surface area (Å²) in [6.07, 6.45) is 0.707. The number of para-hydroxylation sites is 1. The normalized spacial score (nSPS) is 17.5. The molecule has 23 heavy (non-hydrogen) atoms. The molecular weight excluding hydrogens is 294 g/mol. The van der Waals surface area contributed by atoms with Gasteiger partial charge in [0.05, 0.1) is 0 Å². The number of anilines is 1. The summed E-state index contributed by atoms with van der Waals surface area (Å²) < 4.78 is 0. The van der Waals surface area contributed by atoms with E-state index < -0.39 is 12.0 Å². The molecule has 6 heteroatoms. The van der Waals surface area contributed by atoms with Crippen molar-refractivity contribution in [2.24, 2.45) is 5.92 Å². The van der Waals surface area contributed by atoms with Gasteiger partial charge < -0.3 is 20.2 Å². The fourth-order valence-electron chi connectivity index (χ4n) is 2.71. The zero-order valence-electron chi connectivity index (χ0n) is 13.7. The molecule has 1 aromatic rings. The number of aliphatic carboxylic acids is 1. The van der Waals surface area contributed by atoms with Gasteiger partial charge in [-0.3, -0.25) is 0 Å². The van der Waals surface area contributed by atoms with Gasteiger partial charge in [0.25, 0.3) is 0 Å². The molecule has 126 valence electrons. The van der Waals surface area contributed by atoms with Crippen LogP contribution in [0.3, 0.4) is 0 Å². The van der Waals surface area contributed by atoms with Gasteiger partial charge in [-0.15, -0.1) is 0 Å². The number of nitrogens with zero attached hydrogens (tertiary/aromatic N) is 2. The third-order valence-corrected chi connectivity index (χ3v) is 4.45. The molecule has 1 aromatic carbocycles. The zero-order valence-corrected chi connectivity index (χ0v) is 13.7. The van der Waals surface area contributed by atoms with Crippen molar-refractivity contribution in [3.8, 4) is 0 Å². The number of hydrogen-bond acceptors (Lipinski definition) is 3. The molecule has 2 atom stereocenters. The smallest absolute Gasteiger partial charge is 0.326 e. The third-order valence-electron chi connectivity index (χ3n) is 4.45.